The molecule has 2 aromatic carbocycles. The molecule has 0 fully saturated rings. The molecule has 0 aromatic heterocycles. The molecule has 0 radical (unpaired) electrons. The van der Waals surface area contributed by atoms with Crippen molar-refractivity contribution in [1.29, 1.82) is 0 Å². The third-order valence-electron chi connectivity index (χ3n) is 2.69. The molecule has 0 saturated heterocycles. The van der Waals surface area contributed by atoms with Gasteiger partial charge in [-0.25, -0.2) is 0 Å². The van der Waals surface area contributed by atoms with E-state index >= 15 is 0 Å². The Morgan fingerprint density at radius 3 is 2.29 bits per heavy atom. The first-order valence-electron chi connectivity index (χ1n) is 6.35. The van der Waals surface area contributed by atoms with Gasteiger partial charge in [0.25, 0.3) is 5.91 Å². The molecule has 0 saturated carbocycles. The van der Waals surface area contributed by atoms with Gasteiger partial charge in [0.05, 0.1) is 22.3 Å². The monoisotopic (exact) mass is 324 g/mol. The van der Waals surface area contributed by atoms with Crippen LogP contribution in [0.15, 0.2) is 42.5 Å². The fourth-order valence-electron chi connectivity index (χ4n) is 1.68. The van der Waals surface area contributed by atoms with Crippen LogP contribution in [0.3, 0.4) is 0 Å². The predicted molar refractivity (Wildman–Crippen MR) is 85.2 cm³/mol. The van der Waals surface area contributed by atoms with Crippen LogP contribution in [0.2, 0.25) is 10.0 Å². The van der Waals surface area contributed by atoms with Gasteiger partial charge < -0.3 is 4.74 Å². The number of hydrogen-bond donors (Lipinski definition) is 2. The van der Waals surface area contributed by atoms with Gasteiger partial charge in [0.15, 0.2) is 0 Å². The predicted octanol–water partition coefficient (Wildman–Crippen LogP) is 4.15. The first-order valence-corrected chi connectivity index (χ1v) is 7.10. The highest BCUT2D eigenvalue weighted by Gasteiger charge is 2.08. The number of para-hydroxylation sites is 1. The molecule has 110 valence electrons. The molecular weight excluding hydrogens is 311 g/mol. The van der Waals surface area contributed by atoms with E-state index < -0.39 is 0 Å². The fourth-order valence-corrected chi connectivity index (χ4v) is 2.17. The summed E-state index contributed by atoms with van der Waals surface area (Å²) in [7, 11) is 0. The number of carbonyl (C=O) groups is 1. The van der Waals surface area contributed by atoms with Crippen LogP contribution in [0.4, 0.5) is 5.69 Å². The van der Waals surface area contributed by atoms with Crippen molar-refractivity contribution in [2.45, 2.75) is 6.92 Å². The summed E-state index contributed by atoms with van der Waals surface area (Å²) in [5.41, 5.74) is 6.23. The molecule has 6 heteroatoms. The summed E-state index contributed by atoms with van der Waals surface area (Å²) >= 11 is 12.0. The van der Waals surface area contributed by atoms with Gasteiger partial charge in [-0.15, -0.1) is 0 Å². The van der Waals surface area contributed by atoms with Gasteiger partial charge in [-0.05, 0) is 43.3 Å². The molecule has 4 nitrogen and oxygen atoms in total. The minimum absolute atomic E-state index is 0.297. The molecule has 0 bridgehead atoms. The van der Waals surface area contributed by atoms with Crippen molar-refractivity contribution >= 4 is 34.8 Å². The zero-order chi connectivity index (χ0) is 15.2. The summed E-state index contributed by atoms with van der Waals surface area (Å²) in [5.74, 6) is 0.421. The van der Waals surface area contributed by atoms with Crippen molar-refractivity contribution in [2.75, 3.05) is 12.0 Å². The number of halogens is 2. The Morgan fingerprint density at radius 1 is 1.10 bits per heavy atom. The molecule has 1 amide bonds. The highest BCUT2D eigenvalue weighted by Crippen LogP contribution is 2.29. The Kier molecular flexibility index (Phi) is 5.31. The quantitative estimate of drug-likeness (QED) is 0.812. The second-order valence-electron chi connectivity index (χ2n) is 4.13. The van der Waals surface area contributed by atoms with Crippen molar-refractivity contribution in [2.24, 2.45) is 0 Å². The van der Waals surface area contributed by atoms with E-state index in [-0.39, 0.29) is 5.91 Å². The van der Waals surface area contributed by atoms with E-state index in [4.69, 9.17) is 27.9 Å². The summed E-state index contributed by atoms with van der Waals surface area (Å²) in [4.78, 5) is 12.0. The van der Waals surface area contributed by atoms with Crippen molar-refractivity contribution in [3.05, 3.63) is 58.1 Å². The topological polar surface area (TPSA) is 50.4 Å². The number of hydrazine groups is 1. The SMILES string of the molecule is CCOc1ccc(C(=O)NNc2c(Cl)cccc2Cl)cc1. The number of anilines is 1. The van der Waals surface area contributed by atoms with Gasteiger partial charge in [0, 0.05) is 5.56 Å². The van der Waals surface area contributed by atoms with Crippen LogP contribution in [0.5, 0.6) is 5.75 Å². The molecule has 0 spiro atoms. The Bertz CT molecular complexity index is 610. The lowest BCUT2D eigenvalue weighted by molar-refractivity contribution is 0.0962. The second kappa shape index (κ2) is 7.20. The molecule has 0 aliphatic rings. The van der Waals surface area contributed by atoms with Gasteiger partial charge in [0.1, 0.15) is 5.75 Å². The van der Waals surface area contributed by atoms with Crippen LogP contribution in [-0.4, -0.2) is 12.5 Å². The normalized spacial score (nSPS) is 10.0. The van der Waals surface area contributed by atoms with Crippen molar-refractivity contribution in [3.8, 4) is 5.75 Å². The lowest BCUT2D eigenvalue weighted by atomic mass is 10.2. The number of nitrogens with one attached hydrogen (secondary N) is 2. The van der Waals surface area contributed by atoms with Crippen LogP contribution in [0.25, 0.3) is 0 Å². The molecule has 0 heterocycles. The van der Waals surface area contributed by atoms with Crippen LogP contribution in [0, 0.1) is 0 Å². The summed E-state index contributed by atoms with van der Waals surface area (Å²) in [5, 5.41) is 0.851. The van der Waals surface area contributed by atoms with E-state index in [1.165, 1.54) is 0 Å². The van der Waals surface area contributed by atoms with E-state index in [9.17, 15) is 4.79 Å². The number of benzene rings is 2. The number of rotatable bonds is 5. The van der Waals surface area contributed by atoms with Crippen molar-refractivity contribution in [3.63, 3.8) is 0 Å². The standard InChI is InChI=1S/C15H14Cl2N2O2/c1-2-21-11-8-6-10(7-9-11)15(20)19-18-14-12(16)4-3-5-13(14)17/h3-9,18H,2H2,1H3,(H,19,20). The maximum atomic E-state index is 12.0. The minimum Gasteiger partial charge on any atom is -0.494 e. The molecular formula is C15H14Cl2N2O2. The van der Waals surface area contributed by atoms with Crippen molar-refractivity contribution < 1.29 is 9.53 Å². The van der Waals surface area contributed by atoms with E-state index in [1.807, 2.05) is 6.92 Å². The second-order valence-corrected chi connectivity index (χ2v) is 4.95. The van der Waals surface area contributed by atoms with Gasteiger partial charge in [0.2, 0.25) is 0 Å². The Hall–Kier alpha value is -1.91. The fraction of sp³-hybridized carbons (Fsp3) is 0.133. The lowest BCUT2D eigenvalue weighted by Gasteiger charge is -2.11. The van der Waals surface area contributed by atoms with Gasteiger partial charge in [-0.2, -0.15) is 0 Å². The molecule has 2 N–H and O–H groups in total. The summed E-state index contributed by atoms with van der Waals surface area (Å²) in [6.07, 6.45) is 0. The van der Waals surface area contributed by atoms with E-state index in [2.05, 4.69) is 10.9 Å². The highest BCUT2D eigenvalue weighted by molar-refractivity contribution is 6.39. The maximum absolute atomic E-state index is 12.0. The first-order chi connectivity index (χ1) is 10.1. The van der Waals surface area contributed by atoms with Crippen LogP contribution in [0.1, 0.15) is 17.3 Å². The van der Waals surface area contributed by atoms with Crippen LogP contribution >= 0.6 is 23.2 Å². The molecule has 0 aliphatic heterocycles. The van der Waals surface area contributed by atoms with Gasteiger partial charge in [-0.1, -0.05) is 29.3 Å². The third-order valence-corrected chi connectivity index (χ3v) is 3.32. The molecule has 2 aromatic rings. The zero-order valence-corrected chi connectivity index (χ0v) is 12.8. The van der Waals surface area contributed by atoms with E-state index in [0.29, 0.717) is 27.9 Å². The number of hydrogen-bond acceptors (Lipinski definition) is 3. The molecule has 0 aliphatic carbocycles. The first kappa shape index (κ1) is 15.5. The van der Waals surface area contributed by atoms with Crippen molar-refractivity contribution in [1.82, 2.24) is 5.43 Å². The largest absolute Gasteiger partial charge is 0.494 e. The van der Waals surface area contributed by atoms with Crippen LogP contribution in [-0.2, 0) is 0 Å². The number of amides is 1. The van der Waals surface area contributed by atoms with Crippen LogP contribution < -0.4 is 15.6 Å². The smallest absolute Gasteiger partial charge is 0.269 e. The Labute approximate surface area is 133 Å². The molecule has 21 heavy (non-hydrogen) atoms. The summed E-state index contributed by atoms with van der Waals surface area (Å²) < 4.78 is 5.32. The van der Waals surface area contributed by atoms with E-state index in [1.54, 1.807) is 42.5 Å². The molecule has 0 unspecified atom stereocenters. The average Bonchev–Trinajstić information content (AvgIpc) is 2.47. The third kappa shape index (κ3) is 4.03. The van der Waals surface area contributed by atoms with Gasteiger partial charge >= 0.3 is 0 Å². The maximum Gasteiger partial charge on any atom is 0.269 e. The highest BCUT2D eigenvalue weighted by atomic mass is 35.5. The average molecular weight is 325 g/mol. The summed E-state index contributed by atoms with van der Waals surface area (Å²) in [6, 6.07) is 11.9. The Balaban J connectivity index is 2.01. The van der Waals surface area contributed by atoms with E-state index in [0.717, 1.165) is 5.75 Å². The Morgan fingerprint density at radius 2 is 1.71 bits per heavy atom. The number of ether oxygens (including phenoxy) is 1. The zero-order valence-electron chi connectivity index (χ0n) is 11.3. The molecule has 2 rings (SSSR count). The van der Waals surface area contributed by atoms with Gasteiger partial charge in [-0.3, -0.25) is 15.6 Å². The summed E-state index contributed by atoms with van der Waals surface area (Å²) in [6.45, 7) is 2.48. The molecule has 0 atom stereocenters. The number of carbonyl (C=O) groups excluding carboxylic acids is 1. The lowest BCUT2D eigenvalue weighted by Crippen LogP contribution is -2.29. The minimum atomic E-state index is -0.297.